The fourth-order valence-electron chi connectivity index (χ4n) is 3.70. The summed E-state index contributed by atoms with van der Waals surface area (Å²) in [6.07, 6.45) is 0.849. The van der Waals surface area contributed by atoms with Crippen molar-refractivity contribution in [3.05, 3.63) is 58.9 Å². The largest absolute Gasteiger partial charge is 0.492 e. The minimum absolute atomic E-state index is 0.0778. The summed E-state index contributed by atoms with van der Waals surface area (Å²) < 4.78 is 9.17. The summed E-state index contributed by atoms with van der Waals surface area (Å²) in [6.45, 7) is 9.03. The van der Waals surface area contributed by atoms with Crippen molar-refractivity contribution in [1.29, 1.82) is 0 Å². The van der Waals surface area contributed by atoms with Crippen LogP contribution in [0.25, 0.3) is 16.7 Å². The molecule has 9 heteroatoms. The van der Waals surface area contributed by atoms with Gasteiger partial charge in [0.1, 0.15) is 5.75 Å². The molecule has 0 bridgehead atoms. The maximum atomic E-state index is 13.2. The number of aryl methyl sites for hydroxylation is 1. The topological polar surface area (TPSA) is 90.5 Å². The SMILES string of the molecule is CCOc1ccccc1NC(=O)C(C)Sc1nnc2n(CCC(C)C)c(=O)c3ccccc3n12. The van der Waals surface area contributed by atoms with Crippen LogP contribution < -0.4 is 15.6 Å². The molecule has 2 aromatic carbocycles. The smallest absolute Gasteiger partial charge is 0.262 e. The number of anilines is 1. The van der Waals surface area contributed by atoms with Gasteiger partial charge >= 0.3 is 0 Å². The molecule has 0 spiro atoms. The number of aromatic nitrogens is 4. The first-order valence-electron chi connectivity index (χ1n) is 11.5. The summed E-state index contributed by atoms with van der Waals surface area (Å²) in [4.78, 5) is 26.2. The van der Waals surface area contributed by atoms with Crippen molar-refractivity contribution in [2.75, 3.05) is 11.9 Å². The quantitative estimate of drug-likeness (QED) is 0.353. The van der Waals surface area contributed by atoms with Gasteiger partial charge in [-0.2, -0.15) is 0 Å². The third-order valence-corrected chi connectivity index (χ3v) is 6.55. The zero-order chi connectivity index (χ0) is 24.2. The maximum Gasteiger partial charge on any atom is 0.262 e. The van der Waals surface area contributed by atoms with Crippen LogP contribution >= 0.6 is 11.8 Å². The second kappa shape index (κ2) is 10.3. The molecule has 1 atom stereocenters. The Morgan fingerprint density at radius 2 is 1.82 bits per heavy atom. The van der Waals surface area contributed by atoms with Crippen LogP contribution in [0.15, 0.2) is 58.5 Å². The van der Waals surface area contributed by atoms with Crippen LogP contribution in [0, 0.1) is 5.92 Å². The van der Waals surface area contributed by atoms with E-state index in [0.29, 0.717) is 46.8 Å². The molecule has 0 fully saturated rings. The predicted octanol–water partition coefficient (Wildman–Crippen LogP) is 4.61. The van der Waals surface area contributed by atoms with Crippen LogP contribution in [0.1, 0.15) is 34.1 Å². The van der Waals surface area contributed by atoms with E-state index >= 15 is 0 Å². The molecule has 1 N–H and O–H groups in total. The number of amides is 1. The Labute approximate surface area is 202 Å². The molecule has 2 heterocycles. The second-order valence-corrected chi connectivity index (χ2v) is 9.76. The Morgan fingerprint density at radius 1 is 1.09 bits per heavy atom. The Bertz CT molecular complexity index is 1380. The van der Waals surface area contributed by atoms with Crippen molar-refractivity contribution < 1.29 is 9.53 Å². The van der Waals surface area contributed by atoms with Crippen molar-refractivity contribution in [2.45, 2.75) is 51.1 Å². The number of fused-ring (bicyclic) bond motifs is 3. The standard InChI is InChI=1S/C25H29N5O3S/c1-5-33-21-13-9-7-11-19(21)26-22(31)17(4)34-25-28-27-24-29(15-14-16(2)3)23(32)18-10-6-8-12-20(18)30(24)25/h6-13,16-17H,5,14-15H2,1-4H3,(H,26,31). The summed E-state index contributed by atoms with van der Waals surface area (Å²) >= 11 is 1.30. The number of carbonyl (C=O) groups is 1. The van der Waals surface area contributed by atoms with Gasteiger partial charge < -0.3 is 10.1 Å². The fraction of sp³-hybridized carbons (Fsp3) is 0.360. The lowest BCUT2D eigenvalue weighted by Crippen LogP contribution is -2.25. The summed E-state index contributed by atoms with van der Waals surface area (Å²) in [5, 5.41) is 12.4. The van der Waals surface area contributed by atoms with Gasteiger partial charge in [-0.1, -0.05) is 49.9 Å². The van der Waals surface area contributed by atoms with Crippen LogP contribution in [0.2, 0.25) is 0 Å². The van der Waals surface area contributed by atoms with Crippen LogP contribution in [-0.2, 0) is 11.3 Å². The molecular formula is C25H29N5O3S. The number of thioether (sulfide) groups is 1. The highest BCUT2D eigenvalue weighted by Crippen LogP contribution is 2.28. The summed E-state index contributed by atoms with van der Waals surface area (Å²) in [6, 6.07) is 14.8. The molecule has 0 radical (unpaired) electrons. The van der Waals surface area contributed by atoms with Crippen LogP contribution in [-0.4, -0.2) is 36.9 Å². The van der Waals surface area contributed by atoms with E-state index in [1.165, 1.54) is 11.8 Å². The number of nitrogens with one attached hydrogen (secondary N) is 1. The first-order valence-corrected chi connectivity index (χ1v) is 12.3. The number of nitrogens with zero attached hydrogens (tertiary/aromatic N) is 4. The van der Waals surface area contributed by atoms with Gasteiger partial charge in [-0.3, -0.25) is 18.6 Å². The molecule has 0 aliphatic rings. The lowest BCUT2D eigenvalue weighted by molar-refractivity contribution is -0.115. The zero-order valence-corrected chi connectivity index (χ0v) is 20.6. The summed E-state index contributed by atoms with van der Waals surface area (Å²) in [7, 11) is 0. The average molecular weight is 480 g/mol. The van der Waals surface area contributed by atoms with E-state index in [-0.39, 0.29) is 11.5 Å². The zero-order valence-electron chi connectivity index (χ0n) is 19.8. The fourth-order valence-corrected chi connectivity index (χ4v) is 4.55. The third-order valence-electron chi connectivity index (χ3n) is 5.50. The van der Waals surface area contributed by atoms with Crippen LogP contribution in [0.5, 0.6) is 5.75 Å². The highest BCUT2D eigenvalue weighted by atomic mass is 32.2. The minimum Gasteiger partial charge on any atom is -0.492 e. The van der Waals surface area contributed by atoms with Crippen molar-refractivity contribution in [3.63, 3.8) is 0 Å². The lowest BCUT2D eigenvalue weighted by atomic mass is 10.1. The number of para-hydroxylation sites is 3. The van der Waals surface area contributed by atoms with E-state index in [1.54, 1.807) is 4.57 Å². The Morgan fingerprint density at radius 3 is 2.59 bits per heavy atom. The normalized spacial score (nSPS) is 12.4. The molecule has 0 aliphatic carbocycles. The second-order valence-electron chi connectivity index (χ2n) is 8.45. The van der Waals surface area contributed by atoms with Gasteiger partial charge in [0.05, 0.1) is 28.4 Å². The van der Waals surface area contributed by atoms with Gasteiger partial charge in [0.25, 0.3) is 5.56 Å². The average Bonchev–Trinajstić information content (AvgIpc) is 3.23. The van der Waals surface area contributed by atoms with Gasteiger partial charge in [0.2, 0.25) is 11.7 Å². The van der Waals surface area contributed by atoms with E-state index < -0.39 is 5.25 Å². The molecule has 4 aromatic rings. The molecule has 34 heavy (non-hydrogen) atoms. The van der Waals surface area contributed by atoms with Crippen molar-refractivity contribution in [1.82, 2.24) is 19.2 Å². The highest BCUT2D eigenvalue weighted by molar-refractivity contribution is 8.00. The lowest BCUT2D eigenvalue weighted by Gasteiger charge is -2.15. The molecule has 178 valence electrons. The van der Waals surface area contributed by atoms with Gasteiger partial charge in [0.15, 0.2) is 5.16 Å². The Kier molecular flexibility index (Phi) is 7.21. The van der Waals surface area contributed by atoms with E-state index in [9.17, 15) is 9.59 Å². The number of hydrogen-bond donors (Lipinski definition) is 1. The number of rotatable bonds is 9. The maximum absolute atomic E-state index is 13.2. The van der Waals surface area contributed by atoms with Crippen molar-refractivity contribution in [2.24, 2.45) is 5.92 Å². The molecular weight excluding hydrogens is 450 g/mol. The molecule has 8 nitrogen and oxygen atoms in total. The number of benzene rings is 2. The van der Waals surface area contributed by atoms with Crippen molar-refractivity contribution >= 4 is 40.0 Å². The summed E-state index contributed by atoms with van der Waals surface area (Å²) in [5.74, 6) is 1.38. The monoisotopic (exact) mass is 479 g/mol. The van der Waals surface area contributed by atoms with E-state index in [0.717, 1.165) is 11.9 Å². The first-order chi connectivity index (χ1) is 16.4. The molecule has 0 aliphatic heterocycles. The number of carbonyl (C=O) groups excluding carboxylic acids is 1. The number of ether oxygens (including phenoxy) is 1. The first kappa shape index (κ1) is 23.8. The molecule has 0 saturated carbocycles. The van der Waals surface area contributed by atoms with Crippen LogP contribution in [0.4, 0.5) is 5.69 Å². The molecule has 1 amide bonds. The van der Waals surface area contributed by atoms with Gasteiger partial charge in [-0.05, 0) is 50.5 Å². The van der Waals surface area contributed by atoms with E-state index in [1.807, 2.05) is 66.8 Å². The molecule has 2 aromatic heterocycles. The third kappa shape index (κ3) is 4.79. The van der Waals surface area contributed by atoms with Crippen LogP contribution in [0.3, 0.4) is 0 Å². The van der Waals surface area contributed by atoms with E-state index in [2.05, 4.69) is 29.4 Å². The Hall–Kier alpha value is -3.33. The predicted molar refractivity (Wildman–Crippen MR) is 136 cm³/mol. The van der Waals surface area contributed by atoms with Gasteiger partial charge in [-0.15, -0.1) is 10.2 Å². The number of hydrogen-bond acceptors (Lipinski definition) is 6. The molecule has 4 rings (SSSR count). The van der Waals surface area contributed by atoms with Gasteiger partial charge in [0, 0.05) is 6.54 Å². The molecule has 0 saturated heterocycles. The minimum atomic E-state index is -0.461. The van der Waals surface area contributed by atoms with E-state index in [4.69, 9.17) is 4.74 Å². The van der Waals surface area contributed by atoms with Gasteiger partial charge in [-0.25, -0.2) is 0 Å². The summed E-state index contributed by atoms with van der Waals surface area (Å²) in [5.41, 5.74) is 1.27. The Balaban J connectivity index is 1.67. The molecule has 1 unspecified atom stereocenters. The van der Waals surface area contributed by atoms with Crippen molar-refractivity contribution in [3.8, 4) is 5.75 Å². The highest BCUT2D eigenvalue weighted by Gasteiger charge is 2.22.